The molecule has 4 aromatic rings. The van der Waals surface area contributed by atoms with Crippen molar-refractivity contribution in [3.8, 4) is 11.4 Å². The third-order valence-corrected chi connectivity index (χ3v) is 5.68. The number of ether oxygens (including phenoxy) is 1. The van der Waals surface area contributed by atoms with E-state index in [2.05, 4.69) is 10.1 Å². The van der Waals surface area contributed by atoms with Crippen molar-refractivity contribution in [2.45, 2.75) is 19.9 Å². The zero-order valence-electron chi connectivity index (χ0n) is 16.5. The number of aromatic amines is 1. The number of carbonyl (C=O) groups excluding carboxylic acids is 1. The van der Waals surface area contributed by atoms with Gasteiger partial charge in [-0.2, -0.15) is 5.10 Å². The van der Waals surface area contributed by atoms with Crippen LogP contribution in [0.3, 0.4) is 0 Å². The SMILES string of the molecule is COc1ccc2[nH]c3c(c2c1)CN(C(=O)c1ccc(C)c(-n2cccn2)c1)CC3. The molecule has 0 saturated carbocycles. The quantitative estimate of drug-likeness (QED) is 0.581. The van der Waals surface area contributed by atoms with E-state index in [-0.39, 0.29) is 5.91 Å². The number of hydrogen-bond acceptors (Lipinski definition) is 3. The molecule has 0 saturated heterocycles. The Morgan fingerprint density at radius 3 is 2.90 bits per heavy atom. The Labute approximate surface area is 168 Å². The van der Waals surface area contributed by atoms with Crippen molar-refractivity contribution >= 4 is 16.8 Å². The Bertz CT molecular complexity index is 1210. The predicted molar refractivity (Wildman–Crippen MR) is 112 cm³/mol. The number of nitrogens with one attached hydrogen (secondary N) is 1. The van der Waals surface area contributed by atoms with Gasteiger partial charge in [-0.3, -0.25) is 4.79 Å². The first-order valence-corrected chi connectivity index (χ1v) is 9.71. The number of H-pyrrole nitrogens is 1. The molecule has 0 atom stereocenters. The normalized spacial score (nSPS) is 13.5. The molecule has 146 valence electrons. The summed E-state index contributed by atoms with van der Waals surface area (Å²) < 4.78 is 7.18. The highest BCUT2D eigenvalue weighted by atomic mass is 16.5. The highest BCUT2D eigenvalue weighted by Gasteiger charge is 2.25. The summed E-state index contributed by atoms with van der Waals surface area (Å²) in [6.07, 6.45) is 4.45. The number of nitrogens with zero attached hydrogens (tertiary/aromatic N) is 3. The Hall–Kier alpha value is -3.54. The summed E-state index contributed by atoms with van der Waals surface area (Å²) in [5, 5.41) is 5.43. The van der Waals surface area contributed by atoms with Gasteiger partial charge in [0.25, 0.3) is 5.91 Å². The summed E-state index contributed by atoms with van der Waals surface area (Å²) in [6, 6.07) is 13.7. The van der Waals surface area contributed by atoms with E-state index in [9.17, 15) is 4.79 Å². The molecular weight excluding hydrogens is 364 g/mol. The molecule has 6 nitrogen and oxygen atoms in total. The highest BCUT2D eigenvalue weighted by Crippen LogP contribution is 2.31. The van der Waals surface area contributed by atoms with Gasteiger partial charge in [-0.05, 0) is 48.9 Å². The summed E-state index contributed by atoms with van der Waals surface area (Å²) in [7, 11) is 1.67. The maximum absolute atomic E-state index is 13.3. The molecule has 1 amide bonds. The van der Waals surface area contributed by atoms with Crippen molar-refractivity contribution in [1.82, 2.24) is 19.7 Å². The molecule has 0 radical (unpaired) electrons. The Balaban J connectivity index is 1.47. The third-order valence-electron chi connectivity index (χ3n) is 5.68. The first-order valence-electron chi connectivity index (χ1n) is 9.71. The fraction of sp³-hybridized carbons (Fsp3) is 0.217. The lowest BCUT2D eigenvalue weighted by Crippen LogP contribution is -2.35. The van der Waals surface area contributed by atoms with Crippen molar-refractivity contribution in [3.63, 3.8) is 0 Å². The number of fused-ring (bicyclic) bond motifs is 3. The van der Waals surface area contributed by atoms with Gasteiger partial charge in [0.05, 0.1) is 12.8 Å². The lowest BCUT2D eigenvalue weighted by atomic mass is 10.0. The molecule has 0 fully saturated rings. The standard InChI is InChI=1S/C23H22N4O2/c1-15-4-5-16(12-22(15)27-10-3-9-24-27)23(28)26-11-8-21-19(14-26)18-13-17(29-2)6-7-20(18)25-21/h3-7,9-10,12-13,25H,8,11,14H2,1-2H3. The average molecular weight is 386 g/mol. The lowest BCUT2D eigenvalue weighted by Gasteiger charge is -2.27. The number of amides is 1. The first-order chi connectivity index (χ1) is 14.1. The number of carbonyl (C=O) groups is 1. The fourth-order valence-corrected chi connectivity index (χ4v) is 4.08. The third kappa shape index (κ3) is 2.97. The second kappa shape index (κ2) is 6.81. The van der Waals surface area contributed by atoms with Crippen LogP contribution in [0.25, 0.3) is 16.6 Å². The summed E-state index contributed by atoms with van der Waals surface area (Å²) in [4.78, 5) is 18.7. The molecule has 0 bridgehead atoms. The monoisotopic (exact) mass is 386 g/mol. The smallest absolute Gasteiger partial charge is 0.254 e. The van der Waals surface area contributed by atoms with E-state index in [1.165, 1.54) is 11.3 Å². The van der Waals surface area contributed by atoms with E-state index in [0.29, 0.717) is 18.7 Å². The van der Waals surface area contributed by atoms with Crippen LogP contribution < -0.4 is 4.74 Å². The summed E-state index contributed by atoms with van der Waals surface area (Å²) >= 11 is 0. The van der Waals surface area contributed by atoms with Gasteiger partial charge in [-0.15, -0.1) is 0 Å². The molecule has 2 aromatic carbocycles. The minimum absolute atomic E-state index is 0.0429. The Morgan fingerprint density at radius 1 is 1.21 bits per heavy atom. The zero-order valence-corrected chi connectivity index (χ0v) is 16.5. The molecule has 2 aromatic heterocycles. The maximum atomic E-state index is 13.3. The number of aromatic nitrogens is 3. The van der Waals surface area contributed by atoms with Crippen LogP contribution in [-0.2, 0) is 13.0 Å². The fourth-order valence-electron chi connectivity index (χ4n) is 4.08. The predicted octanol–water partition coefficient (Wildman–Crippen LogP) is 3.87. The van der Waals surface area contributed by atoms with Crippen LogP contribution in [-0.4, -0.2) is 39.2 Å². The van der Waals surface area contributed by atoms with Crippen molar-refractivity contribution in [2.75, 3.05) is 13.7 Å². The van der Waals surface area contributed by atoms with Gasteiger partial charge < -0.3 is 14.6 Å². The van der Waals surface area contributed by atoms with Crippen molar-refractivity contribution < 1.29 is 9.53 Å². The molecule has 1 N–H and O–H groups in total. The Morgan fingerprint density at radius 2 is 2.10 bits per heavy atom. The molecule has 5 rings (SSSR count). The molecule has 3 heterocycles. The molecule has 1 aliphatic heterocycles. The van der Waals surface area contributed by atoms with Crippen LogP contribution in [0.2, 0.25) is 0 Å². The molecule has 0 spiro atoms. The van der Waals surface area contributed by atoms with Gasteiger partial charge in [-0.1, -0.05) is 6.07 Å². The minimum atomic E-state index is 0.0429. The summed E-state index contributed by atoms with van der Waals surface area (Å²) in [5.74, 6) is 0.867. The number of aryl methyl sites for hydroxylation is 1. The van der Waals surface area contributed by atoms with Crippen LogP contribution in [0.1, 0.15) is 27.2 Å². The van der Waals surface area contributed by atoms with Crippen molar-refractivity contribution in [2.24, 2.45) is 0 Å². The van der Waals surface area contributed by atoms with E-state index < -0.39 is 0 Å². The highest BCUT2D eigenvalue weighted by molar-refractivity contribution is 5.96. The van der Waals surface area contributed by atoms with Crippen molar-refractivity contribution in [3.05, 3.63) is 77.2 Å². The first kappa shape index (κ1) is 17.6. The van der Waals surface area contributed by atoms with E-state index in [1.807, 2.05) is 60.5 Å². The van der Waals surface area contributed by atoms with E-state index >= 15 is 0 Å². The average Bonchev–Trinajstić information content (AvgIpc) is 3.40. The second-order valence-electron chi connectivity index (χ2n) is 7.42. The molecule has 0 aliphatic carbocycles. The van der Waals surface area contributed by atoms with Crippen LogP contribution in [0.4, 0.5) is 0 Å². The second-order valence-corrected chi connectivity index (χ2v) is 7.42. The van der Waals surface area contributed by atoms with Crippen LogP contribution in [0.5, 0.6) is 5.75 Å². The summed E-state index contributed by atoms with van der Waals surface area (Å²) in [5.41, 5.74) is 6.16. The number of hydrogen-bond donors (Lipinski definition) is 1. The number of rotatable bonds is 3. The van der Waals surface area contributed by atoms with Crippen LogP contribution in [0, 0.1) is 6.92 Å². The molecule has 6 heteroatoms. The van der Waals surface area contributed by atoms with Gasteiger partial charge in [0.2, 0.25) is 0 Å². The van der Waals surface area contributed by atoms with Gasteiger partial charge in [0.1, 0.15) is 5.75 Å². The molecule has 1 aliphatic rings. The largest absolute Gasteiger partial charge is 0.497 e. The molecule has 29 heavy (non-hydrogen) atoms. The van der Waals surface area contributed by atoms with E-state index in [1.54, 1.807) is 18.0 Å². The zero-order chi connectivity index (χ0) is 20.0. The van der Waals surface area contributed by atoms with E-state index in [0.717, 1.165) is 34.3 Å². The van der Waals surface area contributed by atoms with Crippen LogP contribution >= 0.6 is 0 Å². The number of benzene rings is 2. The minimum Gasteiger partial charge on any atom is -0.497 e. The molecule has 0 unspecified atom stereocenters. The van der Waals surface area contributed by atoms with E-state index in [4.69, 9.17) is 4.74 Å². The van der Waals surface area contributed by atoms with Gasteiger partial charge in [0, 0.05) is 59.6 Å². The van der Waals surface area contributed by atoms with Gasteiger partial charge >= 0.3 is 0 Å². The van der Waals surface area contributed by atoms with Gasteiger partial charge in [0.15, 0.2) is 0 Å². The number of methoxy groups -OCH3 is 1. The lowest BCUT2D eigenvalue weighted by molar-refractivity contribution is 0.0735. The van der Waals surface area contributed by atoms with Crippen LogP contribution in [0.15, 0.2) is 54.9 Å². The van der Waals surface area contributed by atoms with Gasteiger partial charge in [-0.25, -0.2) is 4.68 Å². The summed E-state index contributed by atoms with van der Waals surface area (Å²) in [6.45, 7) is 3.31. The Kier molecular flexibility index (Phi) is 4.12. The molecular formula is C23H22N4O2. The topological polar surface area (TPSA) is 63.1 Å². The maximum Gasteiger partial charge on any atom is 0.254 e. The van der Waals surface area contributed by atoms with Crippen molar-refractivity contribution in [1.29, 1.82) is 0 Å².